The van der Waals surface area contributed by atoms with Crippen molar-refractivity contribution < 1.29 is 9.84 Å². The third-order valence-electron chi connectivity index (χ3n) is 3.58. The highest BCUT2D eigenvalue weighted by molar-refractivity contribution is 4.96. The molecular weight excluding hydrogens is 190 g/mol. The Morgan fingerprint density at radius 2 is 2.20 bits per heavy atom. The van der Waals surface area contributed by atoms with E-state index in [0.29, 0.717) is 12.6 Å². The lowest BCUT2D eigenvalue weighted by Crippen LogP contribution is -2.52. The van der Waals surface area contributed by atoms with Crippen molar-refractivity contribution in [3.05, 3.63) is 0 Å². The van der Waals surface area contributed by atoms with Crippen LogP contribution in [-0.4, -0.2) is 35.5 Å². The van der Waals surface area contributed by atoms with Crippen LogP contribution in [0.4, 0.5) is 0 Å². The van der Waals surface area contributed by atoms with E-state index in [1.54, 1.807) is 0 Å². The molecule has 3 nitrogen and oxygen atoms in total. The topological polar surface area (TPSA) is 41.5 Å². The van der Waals surface area contributed by atoms with Crippen molar-refractivity contribution >= 4 is 0 Å². The second-order valence-corrected chi connectivity index (χ2v) is 5.77. The van der Waals surface area contributed by atoms with Gasteiger partial charge in [-0.1, -0.05) is 0 Å². The fraction of sp³-hybridized carbons (Fsp3) is 1.00. The lowest BCUT2D eigenvalue weighted by molar-refractivity contribution is -0.136. The first kappa shape index (κ1) is 11.4. The molecule has 1 atom stereocenters. The Labute approximate surface area is 92.2 Å². The number of hydrogen-bond donors (Lipinski definition) is 2. The van der Waals surface area contributed by atoms with Gasteiger partial charge in [0.05, 0.1) is 11.2 Å². The molecule has 1 aliphatic carbocycles. The summed E-state index contributed by atoms with van der Waals surface area (Å²) in [4.78, 5) is 0. The molecule has 2 rings (SSSR count). The first-order chi connectivity index (χ1) is 6.99. The molecule has 1 saturated carbocycles. The van der Waals surface area contributed by atoms with E-state index < -0.39 is 5.60 Å². The number of ether oxygens (including phenoxy) is 1. The SMILES string of the molecule is CC(C)(O)CNC1CCOC2(CCC2)C1. The third kappa shape index (κ3) is 2.92. The molecule has 0 radical (unpaired) electrons. The zero-order valence-corrected chi connectivity index (χ0v) is 9.88. The summed E-state index contributed by atoms with van der Waals surface area (Å²) < 4.78 is 5.86. The second-order valence-electron chi connectivity index (χ2n) is 5.77. The van der Waals surface area contributed by atoms with E-state index in [9.17, 15) is 5.11 Å². The van der Waals surface area contributed by atoms with Crippen molar-refractivity contribution in [1.82, 2.24) is 5.32 Å². The first-order valence-corrected chi connectivity index (χ1v) is 6.09. The van der Waals surface area contributed by atoms with Crippen molar-refractivity contribution in [2.45, 2.75) is 63.2 Å². The van der Waals surface area contributed by atoms with Gasteiger partial charge in [-0.2, -0.15) is 0 Å². The Morgan fingerprint density at radius 3 is 2.73 bits per heavy atom. The zero-order valence-electron chi connectivity index (χ0n) is 9.88. The normalized spacial score (nSPS) is 30.2. The summed E-state index contributed by atoms with van der Waals surface area (Å²) in [7, 11) is 0. The third-order valence-corrected chi connectivity index (χ3v) is 3.58. The molecule has 1 spiro atoms. The average molecular weight is 213 g/mol. The maximum absolute atomic E-state index is 9.66. The fourth-order valence-corrected chi connectivity index (χ4v) is 2.52. The molecule has 0 aromatic carbocycles. The quantitative estimate of drug-likeness (QED) is 0.745. The summed E-state index contributed by atoms with van der Waals surface area (Å²) in [5, 5.41) is 13.1. The Morgan fingerprint density at radius 1 is 1.47 bits per heavy atom. The highest BCUT2D eigenvalue weighted by Crippen LogP contribution is 2.42. The van der Waals surface area contributed by atoms with Gasteiger partial charge in [0, 0.05) is 19.2 Å². The van der Waals surface area contributed by atoms with E-state index in [1.807, 2.05) is 13.8 Å². The molecule has 0 aromatic rings. The van der Waals surface area contributed by atoms with Crippen LogP contribution in [0.2, 0.25) is 0 Å². The Bertz CT molecular complexity index is 218. The molecule has 1 heterocycles. The Balaban J connectivity index is 1.78. The van der Waals surface area contributed by atoms with Gasteiger partial charge in [-0.15, -0.1) is 0 Å². The summed E-state index contributed by atoms with van der Waals surface area (Å²) in [6.45, 7) is 5.24. The molecule has 2 fully saturated rings. The van der Waals surface area contributed by atoms with Gasteiger partial charge in [-0.05, 0) is 46.0 Å². The Hall–Kier alpha value is -0.120. The maximum atomic E-state index is 9.66. The van der Waals surface area contributed by atoms with Gasteiger partial charge in [0.15, 0.2) is 0 Å². The van der Waals surface area contributed by atoms with Crippen LogP contribution in [0.15, 0.2) is 0 Å². The number of rotatable bonds is 3. The lowest BCUT2D eigenvalue weighted by atomic mass is 9.74. The lowest BCUT2D eigenvalue weighted by Gasteiger charge is -2.47. The molecule has 2 N–H and O–H groups in total. The van der Waals surface area contributed by atoms with Crippen LogP contribution < -0.4 is 5.32 Å². The molecule has 3 heteroatoms. The minimum absolute atomic E-state index is 0.204. The molecule has 1 saturated heterocycles. The molecule has 0 bridgehead atoms. The molecule has 1 unspecified atom stereocenters. The predicted octanol–water partition coefficient (Wildman–Crippen LogP) is 1.45. The molecule has 88 valence electrons. The molecule has 1 aliphatic heterocycles. The van der Waals surface area contributed by atoms with Gasteiger partial charge in [0.2, 0.25) is 0 Å². The van der Waals surface area contributed by atoms with Crippen LogP contribution in [-0.2, 0) is 4.74 Å². The summed E-state index contributed by atoms with van der Waals surface area (Å²) in [6, 6.07) is 0.533. The van der Waals surface area contributed by atoms with Crippen molar-refractivity contribution in [2.24, 2.45) is 0 Å². The van der Waals surface area contributed by atoms with E-state index >= 15 is 0 Å². The molecule has 2 aliphatic rings. The monoisotopic (exact) mass is 213 g/mol. The van der Waals surface area contributed by atoms with Gasteiger partial charge < -0.3 is 15.2 Å². The standard InChI is InChI=1S/C12H23NO2/c1-11(2,14)9-13-10-4-7-15-12(8-10)5-3-6-12/h10,13-14H,3-9H2,1-2H3. The van der Waals surface area contributed by atoms with Crippen molar-refractivity contribution in [1.29, 1.82) is 0 Å². The smallest absolute Gasteiger partial charge is 0.0715 e. The molecule has 0 aromatic heterocycles. The van der Waals surface area contributed by atoms with E-state index in [4.69, 9.17) is 4.74 Å². The average Bonchev–Trinajstić information content (AvgIpc) is 2.12. The van der Waals surface area contributed by atoms with Crippen LogP contribution in [0.3, 0.4) is 0 Å². The van der Waals surface area contributed by atoms with Crippen LogP contribution >= 0.6 is 0 Å². The molecular formula is C12H23NO2. The molecule has 0 amide bonds. The van der Waals surface area contributed by atoms with E-state index in [-0.39, 0.29) is 5.60 Å². The number of hydrogen-bond acceptors (Lipinski definition) is 3. The van der Waals surface area contributed by atoms with Crippen molar-refractivity contribution in [3.8, 4) is 0 Å². The summed E-state index contributed by atoms with van der Waals surface area (Å²) in [5.41, 5.74) is -0.402. The molecule has 15 heavy (non-hydrogen) atoms. The van der Waals surface area contributed by atoms with Gasteiger partial charge in [-0.25, -0.2) is 0 Å². The van der Waals surface area contributed by atoms with Crippen LogP contribution in [0.1, 0.15) is 46.0 Å². The maximum Gasteiger partial charge on any atom is 0.0715 e. The van der Waals surface area contributed by atoms with Crippen LogP contribution in [0.5, 0.6) is 0 Å². The Kier molecular flexibility index (Phi) is 3.06. The fourth-order valence-electron chi connectivity index (χ4n) is 2.52. The van der Waals surface area contributed by atoms with Gasteiger partial charge in [0.25, 0.3) is 0 Å². The van der Waals surface area contributed by atoms with Gasteiger partial charge >= 0.3 is 0 Å². The minimum Gasteiger partial charge on any atom is -0.389 e. The second kappa shape index (κ2) is 4.04. The van der Waals surface area contributed by atoms with Crippen molar-refractivity contribution in [3.63, 3.8) is 0 Å². The summed E-state index contributed by atoms with van der Waals surface area (Å²) in [5.74, 6) is 0. The summed E-state index contributed by atoms with van der Waals surface area (Å²) >= 11 is 0. The first-order valence-electron chi connectivity index (χ1n) is 6.09. The highest BCUT2D eigenvalue weighted by atomic mass is 16.5. The number of aliphatic hydroxyl groups is 1. The minimum atomic E-state index is -0.606. The zero-order chi connectivity index (χ0) is 10.9. The number of nitrogens with one attached hydrogen (secondary N) is 1. The van der Waals surface area contributed by atoms with E-state index in [0.717, 1.165) is 19.4 Å². The van der Waals surface area contributed by atoms with E-state index in [2.05, 4.69) is 5.32 Å². The highest BCUT2D eigenvalue weighted by Gasteiger charge is 2.42. The van der Waals surface area contributed by atoms with Gasteiger partial charge in [0.1, 0.15) is 0 Å². The van der Waals surface area contributed by atoms with Crippen molar-refractivity contribution in [2.75, 3.05) is 13.2 Å². The largest absolute Gasteiger partial charge is 0.389 e. The van der Waals surface area contributed by atoms with Gasteiger partial charge in [-0.3, -0.25) is 0 Å². The summed E-state index contributed by atoms with van der Waals surface area (Å²) in [6.07, 6.45) is 5.99. The van der Waals surface area contributed by atoms with E-state index in [1.165, 1.54) is 19.3 Å². The van der Waals surface area contributed by atoms with Crippen LogP contribution in [0.25, 0.3) is 0 Å². The predicted molar refractivity (Wildman–Crippen MR) is 59.9 cm³/mol. The van der Waals surface area contributed by atoms with Crippen LogP contribution in [0, 0.1) is 0 Å².